The second-order valence-corrected chi connectivity index (χ2v) is 6.74. The lowest BCUT2D eigenvalue weighted by Crippen LogP contribution is -2.31. The van der Waals surface area contributed by atoms with Crippen LogP contribution in [0.15, 0.2) is 6.20 Å². The molecule has 1 aromatic rings. The standard InChI is InChI=1S/C13H22N2OS/c1-9-7-15-12(17-9)10(2)14-8-11-5-6-13(3,4)16-11/h7,10-11,14H,5-6,8H2,1-4H3. The third kappa shape index (κ3) is 3.50. The van der Waals surface area contributed by atoms with Gasteiger partial charge in [0.05, 0.1) is 17.7 Å². The predicted octanol–water partition coefficient (Wildman–Crippen LogP) is 3.06. The second-order valence-electron chi connectivity index (χ2n) is 5.48. The molecule has 2 rings (SSSR count). The average Bonchev–Trinajstić information content (AvgIpc) is 2.81. The van der Waals surface area contributed by atoms with Gasteiger partial charge in [-0.3, -0.25) is 0 Å². The first-order valence-electron chi connectivity index (χ1n) is 6.30. The first kappa shape index (κ1) is 13.0. The van der Waals surface area contributed by atoms with Gasteiger partial charge in [0, 0.05) is 17.6 Å². The van der Waals surface area contributed by atoms with Gasteiger partial charge in [-0.15, -0.1) is 11.3 Å². The zero-order valence-electron chi connectivity index (χ0n) is 11.1. The Morgan fingerprint density at radius 1 is 1.65 bits per heavy atom. The largest absolute Gasteiger partial charge is 0.371 e. The van der Waals surface area contributed by atoms with Crippen LogP contribution < -0.4 is 5.32 Å². The lowest BCUT2D eigenvalue weighted by atomic mass is 10.1. The number of hydrogen-bond acceptors (Lipinski definition) is 4. The van der Waals surface area contributed by atoms with Crippen molar-refractivity contribution < 1.29 is 4.74 Å². The molecule has 0 saturated carbocycles. The van der Waals surface area contributed by atoms with E-state index in [9.17, 15) is 0 Å². The predicted molar refractivity (Wildman–Crippen MR) is 71.5 cm³/mol. The Kier molecular flexibility index (Phi) is 3.85. The van der Waals surface area contributed by atoms with Gasteiger partial charge in [0.25, 0.3) is 0 Å². The van der Waals surface area contributed by atoms with Crippen molar-refractivity contribution in [2.75, 3.05) is 6.54 Å². The highest BCUT2D eigenvalue weighted by Crippen LogP contribution is 2.29. The van der Waals surface area contributed by atoms with Crippen molar-refractivity contribution in [3.05, 3.63) is 16.1 Å². The van der Waals surface area contributed by atoms with Crippen LogP contribution in [0.25, 0.3) is 0 Å². The molecule has 1 N–H and O–H groups in total. The molecule has 0 amide bonds. The molecule has 0 spiro atoms. The maximum Gasteiger partial charge on any atom is 0.109 e. The molecule has 17 heavy (non-hydrogen) atoms. The smallest absolute Gasteiger partial charge is 0.109 e. The molecule has 0 radical (unpaired) electrons. The summed E-state index contributed by atoms with van der Waals surface area (Å²) in [7, 11) is 0. The van der Waals surface area contributed by atoms with Crippen molar-refractivity contribution in [3.63, 3.8) is 0 Å². The molecule has 2 heterocycles. The Balaban J connectivity index is 1.79. The van der Waals surface area contributed by atoms with Crippen LogP contribution in [0.1, 0.15) is 49.5 Å². The molecule has 1 aliphatic heterocycles. The fourth-order valence-corrected chi connectivity index (χ4v) is 2.99. The van der Waals surface area contributed by atoms with E-state index in [1.54, 1.807) is 11.3 Å². The van der Waals surface area contributed by atoms with Gasteiger partial charge in [-0.05, 0) is 40.5 Å². The van der Waals surface area contributed by atoms with Crippen LogP contribution in [-0.4, -0.2) is 23.2 Å². The summed E-state index contributed by atoms with van der Waals surface area (Å²) in [6.45, 7) is 9.51. The summed E-state index contributed by atoms with van der Waals surface area (Å²) < 4.78 is 5.96. The van der Waals surface area contributed by atoms with Crippen LogP contribution in [0.5, 0.6) is 0 Å². The van der Waals surface area contributed by atoms with E-state index in [-0.39, 0.29) is 5.60 Å². The Hall–Kier alpha value is -0.450. The highest BCUT2D eigenvalue weighted by Gasteiger charge is 2.31. The SMILES string of the molecule is Cc1cnc(C(C)NCC2CCC(C)(C)O2)s1. The molecule has 96 valence electrons. The van der Waals surface area contributed by atoms with Gasteiger partial charge in [0.2, 0.25) is 0 Å². The number of aryl methyl sites for hydroxylation is 1. The highest BCUT2D eigenvalue weighted by molar-refractivity contribution is 7.11. The molecule has 1 aromatic heterocycles. The fourth-order valence-electron chi connectivity index (χ4n) is 2.19. The van der Waals surface area contributed by atoms with Crippen molar-refractivity contribution in [1.82, 2.24) is 10.3 Å². The van der Waals surface area contributed by atoms with Gasteiger partial charge in [-0.2, -0.15) is 0 Å². The van der Waals surface area contributed by atoms with Gasteiger partial charge < -0.3 is 10.1 Å². The Morgan fingerprint density at radius 3 is 2.94 bits per heavy atom. The van der Waals surface area contributed by atoms with Crippen LogP contribution in [-0.2, 0) is 4.74 Å². The van der Waals surface area contributed by atoms with E-state index in [1.807, 2.05) is 6.20 Å². The summed E-state index contributed by atoms with van der Waals surface area (Å²) in [6.07, 6.45) is 4.61. The summed E-state index contributed by atoms with van der Waals surface area (Å²) in [4.78, 5) is 5.68. The molecular formula is C13H22N2OS. The summed E-state index contributed by atoms with van der Waals surface area (Å²) in [5.74, 6) is 0. The van der Waals surface area contributed by atoms with Crippen molar-refractivity contribution in [1.29, 1.82) is 0 Å². The lowest BCUT2D eigenvalue weighted by Gasteiger charge is -2.20. The van der Waals surface area contributed by atoms with E-state index in [4.69, 9.17) is 4.74 Å². The van der Waals surface area contributed by atoms with Gasteiger partial charge in [0.1, 0.15) is 5.01 Å². The summed E-state index contributed by atoms with van der Waals surface area (Å²) in [5.41, 5.74) is 0.0629. The minimum Gasteiger partial charge on any atom is -0.371 e. The van der Waals surface area contributed by atoms with Crippen molar-refractivity contribution >= 4 is 11.3 Å². The molecule has 0 bridgehead atoms. The van der Waals surface area contributed by atoms with Gasteiger partial charge >= 0.3 is 0 Å². The maximum atomic E-state index is 5.96. The first-order valence-corrected chi connectivity index (χ1v) is 7.11. The third-order valence-electron chi connectivity index (χ3n) is 3.22. The number of nitrogens with one attached hydrogen (secondary N) is 1. The number of aromatic nitrogens is 1. The molecule has 1 fully saturated rings. The third-order valence-corrected chi connectivity index (χ3v) is 4.31. The van der Waals surface area contributed by atoms with Crippen LogP contribution in [0.2, 0.25) is 0 Å². The molecular weight excluding hydrogens is 232 g/mol. The lowest BCUT2D eigenvalue weighted by molar-refractivity contribution is -0.0150. The molecule has 0 aromatic carbocycles. The Morgan fingerprint density at radius 2 is 2.41 bits per heavy atom. The normalized spacial score (nSPS) is 25.1. The summed E-state index contributed by atoms with van der Waals surface area (Å²) in [5, 5.41) is 4.68. The zero-order chi connectivity index (χ0) is 12.5. The van der Waals surface area contributed by atoms with Gasteiger partial charge in [-0.25, -0.2) is 4.98 Å². The molecule has 1 saturated heterocycles. The van der Waals surface area contributed by atoms with Crippen LogP contribution in [0.3, 0.4) is 0 Å². The molecule has 2 unspecified atom stereocenters. The van der Waals surface area contributed by atoms with Crippen molar-refractivity contribution in [2.24, 2.45) is 0 Å². The summed E-state index contributed by atoms with van der Waals surface area (Å²) >= 11 is 1.76. The number of rotatable bonds is 4. The van der Waals surface area contributed by atoms with E-state index >= 15 is 0 Å². The summed E-state index contributed by atoms with van der Waals surface area (Å²) in [6, 6.07) is 0.320. The quantitative estimate of drug-likeness (QED) is 0.896. The van der Waals surface area contributed by atoms with Crippen molar-refractivity contribution in [3.8, 4) is 0 Å². The Labute approximate surface area is 108 Å². The van der Waals surface area contributed by atoms with E-state index in [0.29, 0.717) is 12.1 Å². The Bertz CT molecular complexity index is 375. The number of ether oxygens (including phenoxy) is 1. The minimum absolute atomic E-state index is 0.0629. The maximum absolute atomic E-state index is 5.96. The molecule has 3 nitrogen and oxygen atoms in total. The second kappa shape index (κ2) is 5.04. The van der Waals surface area contributed by atoms with Gasteiger partial charge in [0.15, 0.2) is 0 Å². The number of thiazole rings is 1. The number of nitrogens with zero attached hydrogens (tertiary/aromatic N) is 1. The molecule has 1 aliphatic rings. The van der Waals surface area contributed by atoms with Gasteiger partial charge in [-0.1, -0.05) is 0 Å². The molecule has 2 atom stereocenters. The van der Waals surface area contributed by atoms with E-state index in [1.165, 1.54) is 9.88 Å². The number of hydrogen-bond donors (Lipinski definition) is 1. The van der Waals surface area contributed by atoms with Crippen LogP contribution in [0, 0.1) is 6.92 Å². The van der Waals surface area contributed by atoms with Crippen LogP contribution in [0.4, 0.5) is 0 Å². The van der Waals surface area contributed by atoms with Crippen LogP contribution >= 0.6 is 11.3 Å². The average molecular weight is 254 g/mol. The first-order chi connectivity index (χ1) is 7.96. The molecule has 4 heteroatoms. The van der Waals surface area contributed by atoms with E-state index in [0.717, 1.165) is 19.4 Å². The highest BCUT2D eigenvalue weighted by atomic mass is 32.1. The van der Waals surface area contributed by atoms with E-state index in [2.05, 4.69) is 38.0 Å². The monoisotopic (exact) mass is 254 g/mol. The zero-order valence-corrected chi connectivity index (χ0v) is 11.9. The molecule has 0 aliphatic carbocycles. The van der Waals surface area contributed by atoms with Crippen molar-refractivity contribution in [2.45, 2.75) is 58.3 Å². The minimum atomic E-state index is 0.0629. The fraction of sp³-hybridized carbons (Fsp3) is 0.769. The van der Waals surface area contributed by atoms with E-state index < -0.39 is 0 Å². The topological polar surface area (TPSA) is 34.2 Å².